The van der Waals surface area contributed by atoms with E-state index in [1.807, 2.05) is 13.0 Å². The summed E-state index contributed by atoms with van der Waals surface area (Å²) in [6.07, 6.45) is 1.88. The minimum atomic E-state index is -3.13. The highest BCUT2D eigenvalue weighted by Crippen LogP contribution is 2.42. The molecule has 0 spiro atoms. The number of carboxylic acid groups (broad SMARTS) is 1. The predicted molar refractivity (Wildman–Crippen MR) is 88.4 cm³/mol. The number of carbonyl (C=O) groups is 1. The minimum absolute atomic E-state index is 0.0979. The van der Waals surface area contributed by atoms with E-state index in [4.69, 9.17) is 9.84 Å². The number of rotatable bonds is 7. The van der Waals surface area contributed by atoms with Crippen LogP contribution in [0.4, 0.5) is 0 Å². The largest absolute Gasteiger partial charge is 0.478 e. The Hall–Kier alpha value is -1.20. The molecule has 0 aliphatic carbocycles. The van der Waals surface area contributed by atoms with Gasteiger partial charge in [0.25, 0.3) is 0 Å². The summed E-state index contributed by atoms with van der Waals surface area (Å²) in [6, 6.07) is 6.64. The summed E-state index contributed by atoms with van der Waals surface area (Å²) in [5.74, 6) is -0.960. The zero-order chi connectivity index (χ0) is 16.9. The Balaban J connectivity index is 1.90. The summed E-state index contributed by atoms with van der Waals surface area (Å²) in [7, 11) is -3.13. The third-order valence-corrected chi connectivity index (χ3v) is 5.97. The van der Waals surface area contributed by atoms with Crippen molar-refractivity contribution in [1.29, 1.82) is 0 Å². The first-order chi connectivity index (χ1) is 10.9. The van der Waals surface area contributed by atoms with Crippen molar-refractivity contribution in [3.8, 4) is 0 Å². The molecule has 2 rings (SSSR count). The molecule has 1 aliphatic rings. The second kappa shape index (κ2) is 8.06. The summed E-state index contributed by atoms with van der Waals surface area (Å²) in [5.41, 5.74) is 1.09. The van der Waals surface area contributed by atoms with Crippen molar-refractivity contribution in [3.05, 3.63) is 35.4 Å². The Labute approximate surface area is 136 Å². The summed E-state index contributed by atoms with van der Waals surface area (Å²) >= 11 is 0. The van der Waals surface area contributed by atoms with E-state index in [-0.39, 0.29) is 23.9 Å². The normalized spacial score (nSPS) is 24.1. The molecular formula is C16H24NO5P. The van der Waals surface area contributed by atoms with Crippen molar-refractivity contribution in [1.82, 2.24) is 5.32 Å². The number of hydrogen-bond acceptors (Lipinski definition) is 4. The van der Waals surface area contributed by atoms with Crippen molar-refractivity contribution < 1.29 is 24.1 Å². The molecular weight excluding hydrogens is 317 g/mol. The maximum atomic E-state index is 12.1. The maximum Gasteiger partial charge on any atom is 0.335 e. The second-order valence-electron chi connectivity index (χ2n) is 5.95. The first kappa shape index (κ1) is 18.1. The first-order valence-corrected chi connectivity index (χ1v) is 9.93. The molecule has 0 bridgehead atoms. The monoisotopic (exact) mass is 341 g/mol. The Bertz CT molecular complexity index is 584. The van der Waals surface area contributed by atoms with Crippen molar-refractivity contribution in [3.63, 3.8) is 0 Å². The van der Waals surface area contributed by atoms with Gasteiger partial charge in [0, 0.05) is 12.7 Å². The van der Waals surface area contributed by atoms with Gasteiger partial charge in [0.05, 0.1) is 30.5 Å². The summed E-state index contributed by atoms with van der Waals surface area (Å²) < 4.78 is 17.8. The number of unbranched alkanes of at least 4 members (excludes halogenated alkanes) is 1. The second-order valence-corrected chi connectivity index (χ2v) is 8.46. The smallest absolute Gasteiger partial charge is 0.335 e. The van der Waals surface area contributed by atoms with E-state index in [1.165, 1.54) is 0 Å². The topological polar surface area (TPSA) is 95.9 Å². The lowest BCUT2D eigenvalue weighted by Crippen LogP contribution is -2.42. The van der Waals surface area contributed by atoms with Crippen LogP contribution < -0.4 is 5.32 Å². The van der Waals surface area contributed by atoms with Crippen LogP contribution in [0.15, 0.2) is 24.3 Å². The molecule has 1 aliphatic heterocycles. The molecule has 128 valence electrons. The first-order valence-electron chi connectivity index (χ1n) is 7.90. The van der Waals surface area contributed by atoms with Gasteiger partial charge in [0.2, 0.25) is 7.37 Å². The number of nitrogens with one attached hydrogen (secondary N) is 1. The fourth-order valence-corrected chi connectivity index (χ4v) is 4.52. The minimum Gasteiger partial charge on any atom is -0.478 e. The quantitative estimate of drug-likeness (QED) is 0.660. The van der Waals surface area contributed by atoms with Gasteiger partial charge in [-0.15, -0.1) is 0 Å². The van der Waals surface area contributed by atoms with Gasteiger partial charge in [-0.3, -0.25) is 4.57 Å². The molecule has 0 amide bonds. The Morgan fingerprint density at radius 1 is 1.48 bits per heavy atom. The van der Waals surface area contributed by atoms with E-state index in [0.717, 1.165) is 18.4 Å². The molecule has 0 saturated carbocycles. The van der Waals surface area contributed by atoms with Gasteiger partial charge < -0.3 is 20.1 Å². The van der Waals surface area contributed by atoms with Crippen LogP contribution in [0.2, 0.25) is 0 Å². The van der Waals surface area contributed by atoms with Gasteiger partial charge in [0.15, 0.2) is 0 Å². The molecule has 1 aromatic carbocycles. The summed E-state index contributed by atoms with van der Waals surface area (Å²) in [6.45, 7) is 2.84. The molecule has 3 atom stereocenters. The van der Waals surface area contributed by atoms with Crippen LogP contribution in [-0.2, 0) is 9.30 Å². The molecule has 23 heavy (non-hydrogen) atoms. The lowest BCUT2D eigenvalue weighted by molar-refractivity contribution is 0.0156. The van der Waals surface area contributed by atoms with Gasteiger partial charge in [-0.1, -0.05) is 25.5 Å². The lowest BCUT2D eigenvalue weighted by Gasteiger charge is -2.31. The van der Waals surface area contributed by atoms with E-state index in [0.29, 0.717) is 19.3 Å². The SMILES string of the molecule is CCCCP(=O)(O)CC1CNC(c2cccc(C(=O)O)c2)CO1. The van der Waals surface area contributed by atoms with Gasteiger partial charge in [-0.05, 0) is 24.1 Å². The van der Waals surface area contributed by atoms with Gasteiger partial charge in [-0.25, -0.2) is 4.79 Å². The zero-order valence-corrected chi connectivity index (χ0v) is 14.2. The number of benzene rings is 1. The Morgan fingerprint density at radius 2 is 2.26 bits per heavy atom. The van der Waals surface area contributed by atoms with Crippen LogP contribution in [-0.4, -0.2) is 47.5 Å². The van der Waals surface area contributed by atoms with Crippen molar-refractivity contribution in [2.45, 2.75) is 31.9 Å². The van der Waals surface area contributed by atoms with Crippen LogP contribution in [0.5, 0.6) is 0 Å². The maximum absolute atomic E-state index is 12.1. The number of ether oxygens (including phenoxy) is 1. The molecule has 1 heterocycles. The highest BCUT2D eigenvalue weighted by Gasteiger charge is 2.29. The fourth-order valence-electron chi connectivity index (χ4n) is 2.66. The van der Waals surface area contributed by atoms with E-state index in [9.17, 15) is 14.3 Å². The third kappa shape index (κ3) is 5.43. The molecule has 3 N–H and O–H groups in total. The van der Waals surface area contributed by atoms with Crippen LogP contribution in [0, 0.1) is 0 Å². The molecule has 1 fully saturated rings. The van der Waals surface area contributed by atoms with E-state index >= 15 is 0 Å². The molecule has 0 radical (unpaired) electrons. The average Bonchev–Trinajstić information content (AvgIpc) is 2.53. The molecule has 0 aromatic heterocycles. The fraction of sp³-hybridized carbons (Fsp3) is 0.562. The van der Waals surface area contributed by atoms with Crippen molar-refractivity contribution in [2.24, 2.45) is 0 Å². The van der Waals surface area contributed by atoms with E-state index in [2.05, 4.69) is 5.32 Å². The highest BCUT2D eigenvalue weighted by atomic mass is 31.2. The molecule has 1 saturated heterocycles. The predicted octanol–water partition coefficient (Wildman–Crippen LogP) is 2.48. The van der Waals surface area contributed by atoms with E-state index in [1.54, 1.807) is 18.2 Å². The Morgan fingerprint density at radius 3 is 2.87 bits per heavy atom. The third-order valence-electron chi connectivity index (χ3n) is 3.98. The van der Waals surface area contributed by atoms with Gasteiger partial charge >= 0.3 is 5.97 Å². The van der Waals surface area contributed by atoms with Crippen LogP contribution >= 0.6 is 7.37 Å². The summed E-state index contributed by atoms with van der Waals surface area (Å²) in [5, 5.41) is 12.3. The van der Waals surface area contributed by atoms with E-state index < -0.39 is 13.3 Å². The molecule has 6 nitrogen and oxygen atoms in total. The zero-order valence-electron chi connectivity index (χ0n) is 13.3. The highest BCUT2D eigenvalue weighted by molar-refractivity contribution is 7.58. The van der Waals surface area contributed by atoms with Crippen molar-refractivity contribution >= 4 is 13.3 Å². The Kier molecular flexibility index (Phi) is 6.36. The summed E-state index contributed by atoms with van der Waals surface area (Å²) in [4.78, 5) is 21.0. The standard InChI is InChI=1S/C16H24NO5P/c1-2-3-7-23(20,21)11-14-9-17-15(10-22-14)12-5-4-6-13(8-12)16(18)19/h4-6,8,14-15,17H,2-3,7,9-11H2,1H3,(H,18,19)(H,20,21). The van der Waals surface area contributed by atoms with Crippen LogP contribution in [0.25, 0.3) is 0 Å². The average molecular weight is 341 g/mol. The molecule has 1 aromatic rings. The van der Waals surface area contributed by atoms with Gasteiger partial charge in [0.1, 0.15) is 0 Å². The number of carboxylic acids is 1. The molecule has 3 unspecified atom stereocenters. The van der Waals surface area contributed by atoms with Gasteiger partial charge in [-0.2, -0.15) is 0 Å². The molecule has 7 heteroatoms. The lowest BCUT2D eigenvalue weighted by atomic mass is 10.0. The van der Waals surface area contributed by atoms with Crippen molar-refractivity contribution in [2.75, 3.05) is 25.5 Å². The van der Waals surface area contributed by atoms with Crippen LogP contribution in [0.3, 0.4) is 0 Å². The number of aromatic carboxylic acids is 1. The number of morpholine rings is 1. The number of hydrogen-bond donors (Lipinski definition) is 3. The van der Waals surface area contributed by atoms with Crippen LogP contribution in [0.1, 0.15) is 41.7 Å².